The molecule has 118 valence electrons. The molecule has 0 aromatic carbocycles. The van der Waals surface area contributed by atoms with Crippen molar-refractivity contribution >= 4 is 11.5 Å². The van der Waals surface area contributed by atoms with E-state index in [0.717, 1.165) is 44.1 Å². The molecule has 0 N–H and O–H groups in total. The van der Waals surface area contributed by atoms with Gasteiger partial charge < -0.3 is 9.30 Å². The SMILES string of the molecule is Fc1cccnc1N1CCN(Cc2cn3ccccc3n2)CC1. The molecule has 1 aliphatic heterocycles. The molecule has 0 atom stereocenters. The predicted molar refractivity (Wildman–Crippen MR) is 86.9 cm³/mol. The third-order valence-corrected chi connectivity index (χ3v) is 4.21. The first kappa shape index (κ1) is 14.1. The minimum Gasteiger partial charge on any atom is -0.352 e. The summed E-state index contributed by atoms with van der Waals surface area (Å²) in [6.07, 6.45) is 5.72. The lowest BCUT2D eigenvalue weighted by Gasteiger charge is -2.35. The van der Waals surface area contributed by atoms with Crippen LogP contribution in [0.2, 0.25) is 0 Å². The summed E-state index contributed by atoms with van der Waals surface area (Å²) in [5.74, 6) is 0.209. The summed E-state index contributed by atoms with van der Waals surface area (Å²) in [5.41, 5.74) is 2.03. The van der Waals surface area contributed by atoms with Gasteiger partial charge in [0, 0.05) is 51.3 Å². The fourth-order valence-electron chi connectivity index (χ4n) is 3.02. The molecule has 0 radical (unpaired) electrons. The van der Waals surface area contributed by atoms with Gasteiger partial charge in [0.05, 0.1) is 5.69 Å². The highest BCUT2D eigenvalue weighted by atomic mass is 19.1. The zero-order valence-corrected chi connectivity index (χ0v) is 12.8. The molecule has 0 aliphatic carbocycles. The first-order chi connectivity index (χ1) is 11.3. The fraction of sp³-hybridized carbons (Fsp3) is 0.294. The summed E-state index contributed by atoms with van der Waals surface area (Å²) < 4.78 is 15.8. The average Bonchev–Trinajstić information content (AvgIpc) is 2.98. The average molecular weight is 311 g/mol. The number of piperazine rings is 1. The number of fused-ring (bicyclic) bond motifs is 1. The number of hydrogen-bond acceptors (Lipinski definition) is 4. The van der Waals surface area contributed by atoms with Crippen LogP contribution in [-0.4, -0.2) is 45.4 Å². The molecule has 0 saturated carbocycles. The van der Waals surface area contributed by atoms with E-state index >= 15 is 0 Å². The number of aromatic nitrogens is 3. The molecule has 0 bridgehead atoms. The van der Waals surface area contributed by atoms with Gasteiger partial charge in [-0.25, -0.2) is 14.4 Å². The second-order valence-corrected chi connectivity index (χ2v) is 5.77. The van der Waals surface area contributed by atoms with Gasteiger partial charge in [-0.2, -0.15) is 0 Å². The van der Waals surface area contributed by atoms with Gasteiger partial charge in [0.2, 0.25) is 0 Å². The fourth-order valence-corrected chi connectivity index (χ4v) is 3.02. The highest BCUT2D eigenvalue weighted by Gasteiger charge is 2.20. The largest absolute Gasteiger partial charge is 0.352 e. The van der Waals surface area contributed by atoms with Crippen LogP contribution < -0.4 is 4.90 Å². The number of pyridine rings is 2. The third-order valence-electron chi connectivity index (χ3n) is 4.21. The maximum absolute atomic E-state index is 13.8. The molecular weight excluding hydrogens is 293 g/mol. The van der Waals surface area contributed by atoms with Gasteiger partial charge >= 0.3 is 0 Å². The lowest BCUT2D eigenvalue weighted by molar-refractivity contribution is 0.246. The summed E-state index contributed by atoms with van der Waals surface area (Å²) in [5, 5.41) is 0. The molecule has 4 heterocycles. The molecule has 1 fully saturated rings. The lowest BCUT2D eigenvalue weighted by Crippen LogP contribution is -2.46. The number of hydrogen-bond donors (Lipinski definition) is 0. The monoisotopic (exact) mass is 311 g/mol. The molecule has 1 aliphatic rings. The number of rotatable bonds is 3. The number of halogens is 1. The molecule has 0 unspecified atom stereocenters. The topological polar surface area (TPSA) is 36.7 Å². The normalized spacial score (nSPS) is 16.1. The Labute approximate surface area is 134 Å². The van der Waals surface area contributed by atoms with E-state index in [4.69, 9.17) is 0 Å². The van der Waals surface area contributed by atoms with E-state index in [9.17, 15) is 4.39 Å². The van der Waals surface area contributed by atoms with E-state index < -0.39 is 0 Å². The van der Waals surface area contributed by atoms with Crippen molar-refractivity contribution in [2.75, 3.05) is 31.1 Å². The van der Waals surface area contributed by atoms with Crippen molar-refractivity contribution < 1.29 is 4.39 Å². The van der Waals surface area contributed by atoms with E-state index in [-0.39, 0.29) is 5.82 Å². The Morgan fingerprint density at radius 2 is 1.91 bits per heavy atom. The molecule has 0 amide bonds. The Hall–Kier alpha value is -2.47. The standard InChI is InChI=1S/C17H18FN5/c18-15-4-3-6-19-17(15)22-10-8-21(9-11-22)12-14-13-23-7-2-1-5-16(23)20-14/h1-7,13H,8-12H2. The minimum atomic E-state index is -0.249. The molecule has 6 heteroatoms. The van der Waals surface area contributed by atoms with Gasteiger partial charge in [-0.3, -0.25) is 4.90 Å². The molecule has 23 heavy (non-hydrogen) atoms. The second-order valence-electron chi connectivity index (χ2n) is 5.77. The van der Waals surface area contributed by atoms with Crippen molar-refractivity contribution in [3.8, 4) is 0 Å². The maximum atomic E-state index is 13.8. The molecule has 1 saturated heterocycles. The van der Waals surface area contributed by atoms with Crippen LogP contribution in [0.5, 0.6) is 0 Å². The maximum Gasteiger partial charge on any atom is 0.165 e. The predicted octanol–water partition coefficient (Wildman–Crippen LogP) is 2.19. The van der Waals surface area contributed by atoms with Crippen LogP contribution in [0.15, 0.2) is 48.9 Å². The van der Waals surface area contributed by atoms with Crippen molar-refractivity contribution in [3.05, 3.63) is 60.4 Å². The van der Waals surface area contributed by atoms with Crippen LogP contribution in [0.4, 0.5) is 10.2 Å². The highest BCUT2D eigenvalue weighted by molar-refractivity contribution is 5.41. The number of nitrogens with zero attached hydrogens (tertiary/aromatic N) is 5. The summed E-state index contributed by atoms with van der Waals surface area (Å²) in [4.78, 5) is 13.1. The van der Waals surface area contributed by atoms with Crippen LogP contribution in [0, 0.1) is 5.82 Å². The molecule has 4 rings (SSSR count). The van der Waals surface area contributed by atoms with Gasteiger partial charge in [0.25, 0.3) is 0 Å². The molecule has 5 nitrogen and oxygen atoms in total. The van der Waals surface area contributed by atoms with Gasteiger partial charge in [0.1, 0.15) is 5.65 Å². The van der Waals surface area contributed by atoms with Crippen molar-refractivity contribution in [3.63, 3.8) is 0 Å². The Balaban J connectivity index is 1.41. The zero-order chi connectivity index (χ0) is 15.6. The summed E-state index contributed by atoms with van der Waals surface area (Å²) in [6.45, 7) is 4.14. The Morgan fingerprint density at radius 3 is 2.70 bits per heavy atom. The van der Waals surface area contributed by atoms with E-state index in [1.54, 1.807) is 12.3 Å². The lowest BCUT2D eigenvalue weighted by atomic mass is 10.3. The van der Waals surface area contributed by atoms with Crippen LogP contribution in [0.25, 0.3) is 5.65 Å². The molecular formula is C17H18FN5. The second kappa shape index (κ2) is 5.96. The van der Waals surface area contributed by atoms with Crippen molar-refractivity contribution in [1.29, 1.82) is 0 Å². The number of anilines is 1. The van der Waals surface area contributed by atoms with Crippen LogP contribution in [0.3, 0.4) is 0 Å². The minimum absolute atomic E-state index is 0.249. The van der Waals surface area contributed by atoms with E-state index in [0.29, 0.717) is 5.82 Å². The van der Waals surface area contributed by atoms with Crippen LogP contribution >= 0.6 is 0 Å². The van der Waals surface area contributed by atoms with E-state index in [2.05, 4.69) is 21.1 Å². The quantitative estimate of drug-likeness (QED) is 0.743. The van der Waals surface area contributed by atoms with Crippen LogP contribution in [0.1, 0.15) is 5.69 Å². The first-order valence-corrected chi connectivity index (χ1v) is 7.80. The summed E-state index contributed by atoms with van der Waals surface area (Å²) in [7, 11) is 0. The summed E-state index contributed by atoms with van der Waals surface area (Å²) in [6, 6.07) is 9.08. The van der Waals surface area contributed by atoms with Gasteiger partial charge in [-0.05, 0) is 24.3 Å². The van der Waals surface area contributed by atoms with E-state index in [1.165, 1.54) is 6.07 Å². The Morgan fingerprint density at radius 1 is 1.04 bits per heavy atom. The zero-order valence-electron chi connectivity index (χ0n) is 12.8. The van der Waals surface area contributed by atoms with Crippen molar-refractivity contribution in [2.45, 2.75) is 6.54 Å². The molecule has 0 spiro atoms. The van der Waals surface area contributed by atoms with Crippen molar-refractivity contribution in [1.82, 2.24) is 19.3 Å². The Kier molecular flexibility index (Phi) is 3.67. The van der Waals surface area contributed by atoms with Crippen molar-refractivity contribution in [2.24, 2.45) is 0 Å². The smallest absolute Gasteiger partial charge is 0.165 e. The van der Waals surface area contributed by atoms with Gasteiger partial charge in [-0.15, -0.1) is 0 Å². The summed E-state index contributed by atoms with van der Waals surface area (Å²) >= 11 is 0. The first-order valence-electron chi connectivity index (χ1n) is 7.80. The number of imidazole rings is 1. The molecule has 3 aromatic rings. The Bertz CT molecular complexity index is 774. The van der Waals surface area contributed by atoms with Gasteiger partial charge in [0.15, 0.2) is 11.6 Å². The third kappa shape index (κ3) is 2.90. The van der Waals surface area contributed by atoms with Crippen LogP contribution in [-0.2, 0) is 6.54 Å². The van der Waals surface area contributed by atoms with E-state index in [1.807, 2.05) is 33.7 Å². The van der Waals surface area contributed by atoms with Gasteiger partial charge in [-0.1, -0.05) is 6.07 Å². The highest BCUT2D eigenvalue weighted by Crippen LogP contribution is 2.18. The molecule has 3 aromatic heterocycles.